The number of amides is 2. The molecule has 0 aliphatic rings. The molecule has 0 aromatic heterocycles. The molecule has 0 saturated heterocycles. The van der Waals surface area contributed by atoms with Crippen LogP contribution in [-0.2, 0) is 9.59 Å². The number of rotatable bonds is 7. The van der Waals surface area contributed by atoms with E-state index in [1.807, 2.05) is 6.07 Å². The molecule has 0 aliphatic heterocycles. The van der Waals surface area contributed by atoms with Crippen molar-refractivity contribution in [2.75, 3.05) is 24.6 Å². The van der Waals surface area contributed by atoms with Crippen molar-refractivity contribution >= 4 is 29.1 Å². The van der Waals surface area contributed by atoms with Gasteiger partial charge >= 0.3 is 0 Å². The third-order valence-electron chi connectivity index (χ3n) is 3.53. The zero-order valence-electron chi connectivity index (χ0n) is 14.2. The maximum atomic E-state index is 11.9. The van der Waals surface area contributed by atoms with Crippen LogP contribution in [0.15, 0.2) is 48.5 Å². The van der Waals surface area contributed by atoms with Crippen molar-refractivity contribution in [3.8, 4) is 11.8 Å². The third-order valence-corrected chi connectivity index (χ3v) is 3.78. The molecule has 2 amide bonds. The predicted molar refractivity (Wildman–Crippen MR) is 99.1 cm³/mol. The van der Waals surface area contributed by atoms with Crippen LogP contribution in [0.2, 0.25) is 5.02 Å². The molecular weight excluding hydrogens is 354 g/mol. The smallest absolute Gasteiger partial charge is 0.258 e. The summed E-state index contributed by atoms with van der Waals surface area (Å²) in [6.07, 6.45) is 0. The van der Waals surface area contributed by atoms with E-state index in [-0.39, 0.29) is 25.0 Å². The average Bonchev–Trinajstić information content (AvgIpc) is 2.64. The van der Waals surface area contributed by atoms with E-state index in [2.05, 4.69) is 5.32 Å². The minimum atomic E-state index is -0.289. The van der Waals surface area contributed by atoms with E-state index < -0.39 is 0 Å². The molecule has 0 saturated carbocycles. The summed E-state index contributed by atoms with van der Waals surface area (Å²) in [7, 11) is 0. The van der Waals surface area contributed by atoms with E-state index in [0.717, 1.165) is 0 Å². The molecule has 0 radical (unpaired) electrons. The Kier molecular flexibility index (Phi) is 7.01. The molecule has 0 heterocycles. The van der Waals surface area contributed by atoms with Gasteiger partial charge in [-0.05, 0) is 48.5 Å². The predicted octanol–water partition coefficient (Wildman–Crippen LogP) is 2.76. The summed E-state index contributed by atoms with van der Waals surface area (Å²) >= 11 is 5.78. The molecular formula is C19H18ClN3O3. The molecule has 0 aliphatic carbocycles. The number of hydrogen-bond donors (Lipinski definition) is 1. The van der Waals surface area contributed by atoms with Gasteiger partial charge in [0, 0.05) is 30.7 Å². The minimum absolute atomic E-state index is 0.126. The number of hydrogen-bond acceptors (Lipinski definition) is 4. The number of nitriles is 1. The molecule has 2 rings (SSSR count). The molecule has 0 unspecified atom stereocenters. The SMILES string of the molecule is CC(=O)N(CCNC(=O)COc1ccc(Cl)cc1)c1ccc(C#N)cc1. The van der Waals surface area contributed by atoms with E-state index in [1.165, 1.54) is 11.8 Å². The Morgan fingerprint density at radius 3 is 2.38 bits per heavy atom. The average molecular weight is 372 g/mol. The Morgan fingerprint density at radius 2 is 1.81 bits per heavy atom. The summed E-state index contributed by atoms with van der Waals surface area (Å²) in [5, 5.41) is 12.1. The fraction of sp³-hybridized carbons (Fsp3) is 0.211. The van der Waals surface area contributed by atoms with Crippen molar-refractivity contribution in [2.45, 2.75) is 6.92 Å². The molecule has 0 bridgehead atoms. The van der Waals surface area contributed by atoms with Crippen LogP contribution in [0.5, 0.6) is 5.75 Å². The van der Waals surface area contributed by atoms with Gasteiger partial charge in [0.1, 0.15) is 5.75 Å². The number of halogens is 1. The number of nitrogens with one attached hydrogen (secondary N) is 1. The monoisotopic (exact) mass is 371 g/mol. The number of nitrogens with zero attached hydrogens (tertiary/aromatic N) is 2. The summed E-state index contributed by atoms with van der Waals surface area (Å²) < 4.78 is 5.36. The molecule has 134 valence electrons. The molecule has 0 fully saturated rings. The van der Waals surface area contributed by atoms with Gasteiger partial charge in [-0.15, -0.1) is 0 Å². The number of benzene rings is 2. The van der Waals surface area contributed by atoms with Crippen molar-refractivity contribution in [1.82, 2.24) is 5.32 Å². The van der Waals surface area contributed by atoms with E-state index in [4.69, 9.17) is 21.6 Å². The van der Waals surface area contributed by atoms with Crippen molar-refractivity contribution in [3.05, 3.63) is 59.1 Å². The molecule has 7 heteroatoms. The maximum Gasteiger partial charge on any atom is 0.258 e. The highest BCUT2D eigenvalue weighted by Gasteiger charge is 2.12. The van der Waals surface area contributed by atoms with Gasteiger partial charge in [0.2, 0.25) is 5.91 Å². The summed E-state index contributed by atoms with van der Waals surface area (Å²) in [5.41, 5.74) is 1.19. The maximum absolute atomic E-state index is 11.9. The second-order valence-electron chi connectivity index (χ2n) is 5.42. The van der Waals surface area contributed by atoms with E-state index in [0.29, 0.717) is 28.6 Å². The molecule has 26 heavy (non-hydrogen) atoms. The number of carbonyl (C=O) groups is 2. The molecule has 6 nitrogen and oxygen atoms in total. The zero-order valence-corrected chi connectivity index (χ0v) is 15.0. The van der Waals surface area contributed by atoms with Crippen LogP contribution >= 0.6 is 11.6 Å². The van der Waals surface area contributed by atoms with Crippen molar-refractivity contribution in [1.29, 1.82) is 5.26 Å². The zero-order chi connectivity index (χ0) is 18.9. The van der Waals surface area contributed by atoms with Crippen LogP contribution in [0.25, 0.3) is 0 Å². The largest absolute Gasteiger partial charge is 0.484 e. The van der Waals surface area contributed by atoms with Crippen molar-refractivity contribution in [2.24, 2.45) is 0 Å². The first-order valence-corrected chi connectivity index (χ1v) is 8.30. The van der Waals surface area contributed by atoms with Gasteiger partial charge in [-0.2, -0.15) is 5.26 Å². The molecule has 1 N–H and O–H groups in total. The number of anilines is 1. The highest BCUT2D eigenvalue weighted by Crippen LogP contribution is 2.16. The molecule has 0 spiro atoms. The van der Waals surface area contributed by atoms with Gasteiger partial charge in [-0.1, -0.05) is 11.6 Å². The first kappa shape index (κ1) is 19.3. The summed E-state index contributed by atoms with van der Waals surface area (Å²) in [6.45, 7) is 1.92. The lowest BCUT2D eigenvalue weighted by molar-refractivity contribution is -0.123. The fourth-order valence-electron chi connectivity index (χ4n) is 2.22. The quantitative estimate of drug-likeness (QED) is 0.811. The summed E-state index contributed by atoms with van der Waals surface area (Å²) in [6, 6.07) is 15.4. The Morgan fingerprint density at radius 1 is 1.15 bits per heavy atom. The van der Waals surface area contributed by atoms with E-state index in [9.17, 15) is 9.59 Å². The Labute approximate surface area is 156 Å². The first-order valence-electron chi connectivity index (χ1n) is 7.93. The van der Waals surface area contributed by atoms with Crippen LogP contribution in [0.4, 0.5) is 5.69 Å². The second kappa shape index (κ2) is 9.44. The lowest BCUT2D eigenvalue weighted by Gasteiger charge is -2.21. The van der Waals surface area contributed by atoms with Crippen LogP contribution in [0.3, 0.4) is 0 Å². The normalized spacial score (nSPS) is 9.88. The molecule has 0 atom stereocenters. The van der Waals surface area contributed by atoms with Gasteiger partial charge in [0.25, 0.3) is 5.91 Å². The van der Waals surface area contributed by atoms with Crippen LogP contribution in [0, 0.1) is 11.3 Å². The van der Waals surface area contributed by atoms with Gasteiger partial charge in [0.15, 0.2) is 6.61 Å². The fourth-order valence-corrected chi connectivity index (χ4v) is 2.35. The summed E-state index contributed by atoms with van der Waals surface area (Å²) in [5.74, 6) is 0.108. The minimum Gasteiger partial charge on any atom is -0.484 e. The highest BCUT2D eigenvalue weighted by molar-refractivity contribution is 6.30. The molecule has 2 aromatic rings. The van der Waals surface area contributed by atoms with Gasteiger partial charge < -0.3 is 15.0 Å². The number of carbonyl (C=O) groups excluding carboxylic acids is 2. The topological polar surface area (TPSA) is 82.4 Å². The third kappa shape index (κ3) is 5.80. The van der Waals surface area contributed by atoms with Crippen LogP contribution in [0.1, 0.15) is 12.5 Å². The van der Waals surface area contributed by atoms with Crippen molar-refractivity contribution in [3.63, 3.8) is 0 Å². The van der Waals surface area contributed by atoms with Gasteiger partial charge in [-0.25, -0.2) is 0 Å². The Bertz CT molecular complexity index is 798. The standard InChI is InChI=1S/C19H18ClN3O3/c1-14(24)23(17-6-2-15(12-21)3-7-17)11-10-22-19(25)13-26-18-8-4-16(20)5-9-18/h2-9H,10-11,13H2,1H3,(H,22,25). The van der Waals surface area contributed by atoms with Crippen LogP contribution in [-0.4, -0.2) is 31.5 Å². The van der Waals surface area contributed by atoms with Gasteiger partial charge in [0.05, 0.1) is 11.6 Å². The van der Waals surface area contributed by atoms with Crippen LogP contribution < -0.4 is 15.0 Å². The first-order chi connectivity index (χ1) is 12.5. The lowest BCUT2D eigenvalue weighted by Crippen LogP contribution is -2.39. The lowest BCUT2D eigenvalue weighted by atomic mass is 10.2. The summed E-state index contributed by atoms with van der Waals surface area (Å²) in [4.78, 5) is 25.2. The highest BCUT2D eigenvalue weighted by atomic mass is 35.5. The van der Waals surface area contributed by atoms with Crippen molar-refractivity contribution < 1.29 is 14.3 Å². The van der Waals surface area contributed by atoms with Gasteiger partial charge in [-0.3, -0.25) is 9.59 Å². The second-order valence-corrected chi connectivity index (χ2v) is 5.86. The number of ether oxygens (including phenoxy) is 1. The Balaban J connectivity index is 1.81. The van der Waals surface area contributed by atoms with E-state index in [1.54, 1.807) is 48.5 Å². The molecule has 2 aromatic carbocycles. The Hall–Kier alpha value is -3.04. The van der Waals surface area contributed by atoms with E-state index >= 15 is 0 Å².